The van der Waals surface area contributed by atoms with E-state index in [0.717, 1.165) is 61.8 Å². The normalized spacial score (nSPS) is 18.0. The Morgan fingerprint density at radius 3 is 2.51 bits per heavy atom. The van der Waals surface area contributed by atoms with E-state index in [2.05, 4.69) is 16.7 Å². The second kappa shape index (κ2) is 13.2. The van der Waals surface area contributed by atoms with Gasteiger partial charge in [-0.25, -0.2) is 18.9 Å². The lowest BCUT2D eigenvalue weighted by atomic mass is 10.1. The molecule has 0 saturated carbocycles. The van der Waals surface area contributed by atoms with Crippen molar-refractivity contribution < 1.29 is 18.7 Å². The molecule has 10 heteroatoms. The van der Waals surface area contributed by atoms with Gasteiger partial charge >= 0.3 is 6.09 Å². The maximum atomic E-state index is 13.2. The lowest BCUT2D eigenvalue weighted by molar-refractivity contribution is 0.0455. The Hall–Kier alpha value is -4.44. The quantitative estimate of drug-likeness (QED) is 0.278. The summed E-state index contributed by atoms with van der Waals surface area (Å²) in [6, 6.07) is 22.0. The number of hydrogen-bond acceptors (Lipinski definition) is 7. The summed E-state index contributed by atoms with van der Waals surface area (Å²) in [6.07, 6.45) is 5.31. The maximum absolute atomic E-state index is 13.2. The Balaban J connectivity index is 1.02. The van der Waals surface area contributed by atoms with Crippen molar-refractivity contribution in [3.63, 3.8) is 0 Å². The third kappa shape index (κ3) is 7.14. The van der Waals surface area contributed by atoms with Crippen LogP contribution in [0.25, 0.3) is 5.69 Å². The number of piperidine rings is 1. The topological polar surface area (TPSA) is 76.0 Å². The van der Waals surface area contributed by atoms with E-state index < -0.39 is 0 Å². The zero-order valence-corrected chi connectivity index (χ0v) is 24.4. The van der Waals surface area contributed by atoms with Crippen molar-refractivity contribution >= 4 is 11.9 Å². The van der Waals surface area contributed by atoms with Gasteiger partial charge in [0.25, 0.3) is 0 Å². The monoisotopic (exact) mass is 584 g/mol. The minimum Gasteiger partial charge on any atom is -0.490 e. The highest BCUT2D eigenvalue weighted by atomic mass is 19.1. The zero-order valence-electron chi connectivity index (χ0n) is 24.4. The van der Waals surface area contributed by atoms with Gasteiger partial charge in [0.15, 0.2) is 5.82 Å². The van der Waals surface area contributed by atoms with Gasteiger partial charge in [-0.1, -0.05) is 30.3 Å². The predicted molar refractivity (Wildman–Crippen MR) is 162 cm³/mol. The second-order valence-corrected chi connectivity index (χ2v) is 11.2. The van der Waals surface area contributed by atoms with E-state index >= 15 is 0 Å². The van der Waals surface area contributed by atoms with Gasteiger partial charge in [-0.15, -0.1) is 0 Å². The van der Waals surface area contributed by atoms with Crippen LogP contribution in [-0.4, -0.2) is 75.5 Å². The van der Waals surface area contributed by atoms with Crippen molar-refractivity contribution in [1.82, 2.24) is 24.6 Å². The fraction of sp³-hybridized carbons (Fsp3) is 0.364. The molecule has 6 rings (SSSR count). The van der Waals surface area contributed by atoms with Crippen molar-refractivity contribution in [2.24, 2.45) is 0 Å². The van der Waals surface area contributed by atoms with Crippen LogP contribution in [0.1, 0.15) is 31.0 Å². The third-order valence-corrected chi connectivity index (χ3v) is 8.05. The summed E-state index contributed by atoms with van der Waals surface area (Å²) in [7, 11) is 0. The van der Waals surface area contributed by atoms with Crippen molar-refractivity contribution in [3.05, 3.63) is 102 Å². The van der Waals surface area contributed by atoms with Crippen molar-refractivity contribution in [2.45, 2.75) is 45.1 Å². The summed E-state index contributed by atoms with van der Waals surface area (Å²) in [5.74, 6) is 1.33. The molecular weight excluding hydrogens is 547 g/mol. The Bertz CT molecular complexity index is 1490. The van der Waals surface area contributed by atoms with E-state index in [9.17, 15) is 9.18 Å². The number of carbonyl (C=O) groups is 1. The highest BCUT2D eigenvalue weighted by molar-refractivity contribution is 5.68. The summed E-state index contributed by atoms with van der Waals surface area (Å²) in [4.78, 5) is 23.9. The largest absolute Gasteiger partial charge is 0.490 e. The minimum atomic E-state index is -0.268. The number of anilines is 1. The number of aromatic nitrogens is 3. The van der Waals surface area contributed by atoms with Gasteiger partial charge in [0, 0.05) is 70.5 Å². The number of carbonyl (C=O) groups excluding carboxylic acids is 1. The number of pyridine rings is 1. The number of amides is 1. The first-order chi connectivity index (χ1) is 21.0. The van der Waals surface area contributed by atoms with Crippen LogP contribution in [-0.2, 0) is 17.9 Å². The molecule has 0 spiro atoms. The molecule has 2 aromatic carbocycles. The molecule has 1 atom stereocenters. The Labute approximate surface area is 251 Å². The van der Waals surface area contributed by atoms with Crippen molar-refractivity contribution in [1.29, 1.82) is 0 Å². The molecule has 9 nitrogen and oxygen atoms in total. The molecule has 1 amide bonds. The molecule has 0 radical (unpaired) electrons. The van der Waals surface area contributed by atoms with Crippen LogP contribution in [0.3, 0.4) is 0 Å². The number of rotatable bonds is 8. The first-order valence-electron chi connectivity index (χ1n) is 14.9. The molecule has 0 aliphatic carbocycles. The number of halogens is 1. The summed E-state index contributed by atoms with van der Waals surface area (Å²) in [6.45, 7) is 6.77. The summed E-state index contributed by atoms with van der Waals surface area (Å²) < 4.78 is 26.8. The highest BCUT2D eigenvalue weighted by Crippen LogP contribution is 2.27. The van der Waals surface area contributed by atoms with E-state index in [4.69, 9.17) is 19.6 Å². The SMILES string of the molecule is C[C@H]1CN(Cc2ccn(-c3cccnc3N3CCC(Oc4ccc(F)cc4)CC3)n2)CCN1C(=O)OCc1ccccc1. The van der Waals surface area contributed by atoms with Gasteiger partial charge in [-0.05, 0) is 55.0 Å². The van der Waals surface area contributed by atoms with E-state index in [1.54, 1.807) is 12.1 Å². The van der Waals surface area contributed by atoms with E-state index in [1.165, 1.54) is 12.1 Å². The molecule has 4 aromatic rings. The van der Waals surface area contributed by atoms with Gasteiger partial charge in [-0.3, -0.25) is 4.90 Å². The number of hydrogen-bond donors (Lipinski definition) is 0. The molecule has 0 N–H and O–H groups in total. The van der Waals surface area contributed by atoms with Gasteiger partial charge in [0.1, 0.15) is 30.0 Å². The molecule has 2 fully saturated rings. The number of nitrogens with zero attached hydrogens (tertiary/aromatic N) is 6. The van der Waals surface area contributed by atoms with Gasteiger partial charge in [0.05, 0.1) is 5.69 Å². The summed E-state index contributed by atoms with van der Waals surface area (Å²) in [5, 5.41) is 4.90. The Kier molecular flexibility index (Phi) is 8.83. The predicted octanol–water partition coefficient (Wildman–Crippen LogP) is 5.30. The molecule has 2 saturated heterocycles. The molecule has 4 heterocycles. The summed E-state index contributed by atoms with van der Waals surface area (Å²) >= 11 is 0. The van der Waals surface area contributed by atoms with Crippen LogP contribution in [0.15, 0.2) is 85.2 Å². The standard InChI is InChI=1S/C33H37FN6O3/c1-25-22-37(20-21-39(25)33(41)42-24-26-6-3-2-4-7-26)23-28-13-19-40(36-28)31-8-5-16-35-32(31)38-17-14-30(15-18-38)43-29-11-9-27(34)10-12-29/h2-13,16,19,25,30H,14-15,17-18,20-24H2,1H3/t25-/m0/s1. The fourth-order valence-corrected chi connectivity index (χ4v) is 5.76. The van der Waals surface area contributed by atoms with Crippen LogP contribution in [0.5, 0.6) is 5.75 Å². The molecular formula is C33H37FN6O3. The van der Waals surface area contributed by atoms with Crippen LogP contribution >= 0.6 is 0 Å². The van der Waals surface area contributed by atoms with E-state index in [1.807, 2.05) is 70.5 Å². The average Bonchev–Trinajstić information content (AvgIpc) is 3.50. The molecule has 2 aliphatic heterocycles. The van der Waals surface area contributed by atoms with Crippen molar-refractivity contribution in [3.8, 4) is 11.4 Å². The van der Waals surface area contributed by atoms with Gasteiger partial charge in [-0.2, -0.15) is 5.10 Å². The molecule has 43 heavy (non-hydrogen) atoms. The number of benzene rings is 2. The lowest BCUT2D eigenvalue weighted by Gasteiger charge is -2.38. The van der Waals surface area contributed by atoms with Gasteiger partial charge in [0.2, 0.25) is 0 Å². The fourth-order valence-electron chi connectivity index (χ4n) is 5.76. The van der Waals surface area contributed by atoms with Crippen LogP contribution < -0.4 is 9.64 Å². The highest BCUT2D eigenvalue weighted by Gasteiger charge is 2.29. The molecule has 0 bridgehead atoms. The van der Waals surface area contributed by atoms with Gasteiger partial charge < -0.3 is 19.3 Å². The Morgan fingerprint density at radius 1 is 0.953 bits per heavy atom. The number of ether oxygens (including phenoxy) is 2. The lowest BCUT2D eigenvalue weighted by Crippen LogP contribution is -2.53. The summed E-state index contributed by atoms with van der Waals surface area (Å²) in [5.41, 5.74) is 2.88. The van der Waals surface area contributed by atoms with E-state index in [-0.39, 0.29) is 30.7 Å². The smallest absolute Gasteiger partial charge is 0.410 e. The van der Waals surface area contributed by atoms with Crippen LogP contribution in [0.4, 0.5) is 15.0 Å². The van der Waals surface area contributed by atoms with Crippen molar-refractivity contribution in [2.75, 3.05) is 37.6 Å². The maximum Gasteiger partial charge on any atom is 0.410 e. The molecule has 2 aromatic heterocycles. The average molecular weight is 585 g/mol. The first-order valence-corrected chi connectivity index (χ1v) is 14.9. The van der Waals surface area contributed by atoms with Crippen LogP contribution in [0, 0.1) is 5.82 Å². The second-order valence-electron chi connectivity index (χ2n) is 11.2. The zero-order chi connectivity index (χ0) is 29.6. The molecule has 224 valence electrons. The van der Waals surface area contributed by atoms with E-state index in [0.29, 0.717) is 18.8 Å². The molecule has 2 aliphatic rings. The first kappa shape index (κ1) is 28.7. The number of piperazine rings is 1. The third-order valence-electron chi connectivity index (χ3n) is 8.05. The Morgan fingerprint density at radius 2 is 1.74 bits per heavy atom. The minimum absolute atomic E-state index is 0.0407. The molecule has 0 unspecified atom stereocenters. The van der Waals surface area contributed by atoms with Crippen LogP contribution in [0.2, 0.25) is 0 Å².